The van der Waals surface area contributed by atoms with Gasteiger partial charge in [-0.1, -0.05) is 48.5 Å². The summed E-state index contributed by atoms with van der Waals surface area (Å²) in [5, 5.41) is 0. The van der Waals surface area contributed by atoms with Crippen LogP contribution >= 0.6 is 0 Å². The summed E-state index contributed by atoms with van der Waals surface area (Å²) in [5.74, 6) is 1.05. The number of methoxy groups -OCH3 is 1. The first kappa shape index (κ1) is 20.4. The van der Waals surface area contributed by atoms with Crippen molar-refractivity contribution in [3.8, 4) is 22.6 Å². The fraction of sp³-hybridized carbons (Fsp3) is 0.154. The van der Waals surface area contributed by atoms with Crippen molar-refractivity contribution >= 4 is 17.9 Å². The van der Waals surface area contributed by atoms with E-state index in [9.17, 15) is 4.79 Å². The number of carbonyl (C=O) groups is 1. The van der Waals surface area contributed by atoms with E-state index in [1.165, 1.54) is 0 Å². The van der Waals surface area contributed by atoms with Crippen LogP contribution in [0.3, 0.4) is 0 Å². The molecule has 0 fully saturated rings. The van der Waals surface area contributed by atoms with Gasteiger partial charge in [-0.3, -0.25) is 0 Å². The van der Waals surface area contributed by atoms with E-state index in [1.807, 2.05) is 68.4 Å². The first-order valence-electron chi connectivity index (χ1n) is 10.1. The van der Waals surface area contributed by atoms with E-state index >= 15 is 0 Å². The van der Waals surface area contributed by atoms with Crippen LogP contribution in [0.5, 0.6) is 11.5 Å². The van der Waals surface area contributed by atoms with Gasteiger partial charge < -0.3 is 14.2 Å². The van der Waals surface area contributed by atoms with E-state index in [4.69, 9.17) is 14.2 Å². The summed E-state index contributed by atoms with van der Waals surface area (Å²) < 4.78 is 16.5. The van der Waals surface area contributed by atoms with Crippen LogP contribution in [0.25, 0.3) is 17.2 Å². The molecule has 156 valence electrons. The molecule has 0 aromatic heterocycles. The molecule has 0 amide bonds. The fourth-order valence-corrected chi connectivity index (χ4v) is 3.25. The fourth-order valence-electron chi connectivity index (χ4n) is 3.25. The molecule has 0 spiro atoms. The van der Waals surface area contributed by atoms with Crippen molar-refractivity contribution in [1.29, 1.82) is 0 Å². The molecule has 0 atom stereocenters. The molecule has 0 radical (unpaired) electrons. The molecule has 0 bridgehead atoms. The van der Waals surface area contributed by atoms with E-state index < -0.39 is 5.97 Å². The van der Waals surface area contributed by atoms with Crippen molar-refractivity contribution in [3.05, 3.63) is 89.6 Å². The van der Waals surface area contributed by atoms with Gasteiger partial charge >= 0.3 is 5.97 Å². The molecule has 0 aliphatic carbocycles. The van der Waals surface area contributed by atoms with Crippen LogP contribution in [-0.2, 0) is 9.53 Å². The topological polar surface area (TPSA) is 57.1 Å². The molecule has 3 aromatic carbocycles. The average molecular weight is 413 g/mol. The molecule has 3 aromatic rings. The standard InChI is InChI=1S/C26H23NO4/c1-17(2)30-23-14-9-18(16-24(23)29-3)15-22-26(28)31-25(27-22)21-12-10-20(11-13-21)19-7-5-4-6-8-19/h4-17H,1-3H3/b22-15-. The van der Waals surface area contributed by atoms with Gasteiger partial charge in [0.15, 0.2) is 17.2 Å². The minimum atomic E-state index is -0.483. The molecule has 0 saturated heterocycles. The lowest BCUT2D eigenvalue weighted by molar-refractivity contribution is -0.129. The van der Waals surface area contributed by atoms with Crippen molar-refractivity contribution in [2.45, 2.75) is 20.0 Å². The van der Waals surface area contributed by atoms with Crippen LogP contribution in [0.4, 0.5) is 0 Å². The largest absolute Gasteiger partial charge is 0.493 e. The Balaban J connectivity index is 1.58. The van der Waals surface area contributed by atoms with Gasteiger partial charge in [0, 0.05) is 5.56 Å². The van der Waals surface area contributed by atoms with Gasteiger partial charge in [-0.2, -0.15) is 0 Å². The highest BCUT2D eigenvalue weighted by Gasteiger charge is 2.24. The van der Waals surface area contributed by atoms with Crippen molar-refractivity contribution < 1.29 is 19.0 Å². The summed E-state index contributed by atoms with van der Waals surface area (Å²) >= 11 is 0. The van der Waals surface area contributed by atoms with E-state index in [1.54, 1.807) is 19.3 Å². The number of cyclic esters (lactones) is 1. The lowest BCUT2D eigenvalue weighted by Gasteiger charge is -2.13. The Labute approximate surface area is 181 Å². The summed E-state index contributed by atoms with van der Waals surface area (Å²) in [6.45, 7) is 3.90. The monoisotopic (exact) mass is 413 g/mol. The number of hydrogen-bond acceptors (Lipinski definition) is 5. The Morgan fingerprint density at radius 2 is 1.55 bits per heavy atom. The molecule has 5 heteroatoms. The maximum absolute atomic E-state index is 12.4. The Hall–Kier alpha value is -3.86. The number of esters is 1. The summed E-state index contributed by atoms with van der Waals surface area (Å²) in [7, 11) is 1.58. The van der Waals surface area contributed by atoms with Gasteiger partial charge in [0.1, 0.15) is 0 Å². The second-order valence-corrected chi connectivity index (χ2v) is 7.36. The highest BCUT2D eigenvalue weighted by Crippen LogP contribution is 2.30. The third kappa shape index (κ3) is 4.67. The number of nitrogens with zero attached hydrogens (tertiary/aromatic N) is 1. The minimum absolute atomic E-state index is 0.0309. The number of benzene rings is 3. The number of rotatable bonds is 6. The summed E-state index contributed by atoms with van der Waals surface area (Å²) in [4.78, 5) is 16.8. The van der Waals surface area contributed by atoms with Gasteiger partial charge in [0.25, 0.3) is 0 Å². The summed E-state index contributed by atoms with van der Waals surface area (Å²) in [6.07, 6.45) is 1.71. The van der Waals surface area contributed by atoms with Gasteiger partial charge in [-0.05, 0) is 60.9 Å². The van der Waals surface area contributed by atoms with Crippen LogP contribution in [0.1, 0.15) is 25.0 Å². The van der Waals surface area contributed by atoms with Gasteiger partial charge in [-0.25, -0.2) is 9.79 Å². The first-order valence-corrected chi connectivity index (χ1v) is 10.1. The summed E-state index contributed by atoms with van der Waals surface area (Å²) in [6, 6.07) is 23.3. The molecule has 0 saturated carbocycles. The molecule has 4 rings (SSSR count). The van der Waals surface area contributed by atoms with E-state index in [2.05, 4.69) is 17.1 Å². The lowest BCUT2D eigenvalue weighted by atomic mass is 10.0. The Morgan fingerprint density at radius 1 is 0.871 bits per heavy atom. The molecule has 5 nitrogen and oxygen atoms in total. The van der Waals surface area contributed by atoms with Gasteiger partial charge in [0.2, 0.25) is 5.90 Å². The highest BCUT2D eigenvalue weighted by atomic mass is 16.6. The van der Waals surface area contributed by atoms with Crippen LogP contribution < -0.4 is 9.47 Å². The molecule has 1 aliphatic heterocycles. The predicted octanol–water partition coefficient (Wildman–Crippen LogP) is 5.49. The first-order chi connectivity index (χ1) is 15.0. The highest BCUT2D eigenvalue weighted by molar-refractivity contribution is 6.13. The lowest BCUT2D eigenvalue weighted by Crippen LogP contribution is -2.06. The predicted molar refractivity (Wildman–Crippen MR) is 121 cm³/mol. The zero-order chi connectivity index (χ0) is 21.8. The Bertz CT molecular complexity index is 1150. The van der Waals surface area contributed by atoms with Crippen LogP contribution in [0, 0.1) is 0 Å². The van der Waals surface area contributed by atoms with E-state index in [0.717, 1.165) is 22.3 Å². The molecule has 0 unspecified atom stereocenters. The quantitative estimate of drug-likeness (QED) is 0.396. The smallest absolute Gasteiger partial charge is 0.363 e. The Kier molecular flexibility index (Phi) is 5.85. The SMILES string of the molecule is COc1cc(/C=C2\N=C(c3ccc(-c4ccccc4)cc3)OC2=O)ccc1OC(C)C. The third-order valence-corrected chi connectivity index (χ3v) is 4.71. The minimum Gasteiger partial charge on any atom is -0.493 e. The number of hydrogen-bond donors (Lipinski definition) is 0. The normalized spacial score (nSPS) is 14.5. The van der Waals surface area contributed by atoms with Crippen LogP contribution in [0.15, 0.2) is 83.5 Å². The van der Waals surface area contributed by atoms with Crippen molar-refractivity contribution in [3.63, 3.8) is 0 Å². The average Bonchev–Trinajstić information content (AvgIpc) is 3.15. The van der Waals surface area contributed by atoms with Gasteiger partial charge in [-0.15, -0.1) is 0 Å². The zero-order valence-electron chi connectivity index (χ0n) is 17.7. The molecule has 1 aliphatic rings. The molecule has 0 N–H and O–H groups in total. The molecular formula is C26H23NO4. The molecular weight excluding hydrogens is 390 g/mol. The number of carbonyl (C=O) groups excluding carboxylic acids is 1. The van der Waals surface area contributed by atoms with Crippen LogP contribution in [0.2, 0.25) is 0 Å². The second-order valence-electron chi connectivity index (χ2n) is 7.36. The summed E-state index contributed by atoms with van der Waals surface area (Å²) in [5.41, 5.74) is 3.96. The maximum Gasteiger partial charge on any atom is 0.363 e. The van der Waals surface area contributed by atoms with Crippen LogP contribution in [-0.4, -0.2) is 25.1 Å². The van der Waals surface area contributed by atoms with Crippen molar-refractivity contribution in [2.75, 3.05) is 7.11 Å². The van der Waals surface area contributed by atoms with Crippen molar-refractivity contribution in [1.82, 2.24) is 0 Å². The Morgan fingerprint density at radius 3 is 2.23 bits per heavy atom. The molecule has 1 heterocycles. The van der Waals surface area contributed by atoms with Gasteiger partial charge in [0.05, 0.1) is 13.2 Å². The second kappa shape index (κ2) is 8.88. The van der Waals surface area contributed by atoms with E-state index in [0.29, 0.717) is 17.4 Å². The maximum atomic E-state index is 12.4. The van der Waals surface area contributed by atoms with E-state index in [-0.39, 0.29) is 11.8 Å². The number of aliphatic imine (C=N–C) groups is 1. The number of ether oxygens (including phenoxy) is 3. The molecule has 31 heavy (non-hydrogen) atoms. The third-order valence-electron chi connectivity index (χ3n) is 4.71. The zero-order valence-corrected chi connectivity index (χ0v) is 17.7. The van der Waals surface area contributed by atoms with Crippen molar-refractivity contribution in [2.24, 2.45) is 4.99 Å².